The van der Waals surface area contributed by atoms with Gasteiger partial charge in [-0.15, -0.1) is 0 Å². The Bertz CT molecular complexity index is 1060. The minimum absolute atomic E-state index is 0.0476. The van der Waals surface area contributed by atoms with Gasteiger partial charge >= 0.3 is 0 Å². The van der Waals surface area contributed by atoms with Crippen LogP contribution < -0.4 is 0 Å². The SMILES string of the molecule is CC(C)c1ccc(C(=O)N2CCN(C(=O)Cc3cn(C)c4ccccc34)CC2)cc1. The molecule has 0 radical (unpaired) electrons. The minimum atomic E-state index is 0.0476. The largest absolute Gasteiger partial charge is 0.350 e. The van der Waals surface area contributed by atoms with Gasteiger partial charge in [0.25, 0.3) is 5.91 Å². The molecule has 30 heavy (non-hydrogen) atoms. The van der Waals surface area contributed by atoms with Crippen LogP contribution in [0.4, 0.5) is 0 Å². The van der Waals surface area contributed by atoms with E-state index in [9.17, 15) is 9.59 Å². The molecule has 0 saturated carbocycles. The lowest BCUT2D eigenvalue weighted by Gasteiger charge is -2.35. The van der Waals surface area contributed by atoms with Crippen LogP contribution in [0.1, 0.15) is 41.3 Å². The van der Waals surface area contributed by atoms with Crippen LogP contribution in [-0.4, -0.2) is 52.4 Å². The summed E-state index contributed by atoms with van der Waals surface area (Å²) < 4.78 is 2.07. The van der Waals surface area contributed by atoms with Crippen LogP contribution in [0.3, 0.4) is 0 Å². The molecule has 2 heterocycles. The molecule has 0 spiro atoms. The van der Waals surface area contributed by atoms with Crippen LogP contribution >= 0.6 is 0 Å². The third-order valence-corrected chi connectivity index (χ3v) is 6.07. The third kappa shape index (κ3) is 3.97. The van der Waals surface area contributed by atoms with E-state index in [2.05, 4.69) is 30.5 Å². The lowest BCUT2D eigenvalue weighted by molar-refractivity contribution is -0.131. The van der Waals surface area contributed by atoms with E-state index in [1.165, 1.54) is 5.56 Å². The summed E-state index contributed by atoms with van der Waals surface area (Å²) in [6, 6.07) is 16.0. The predicted octanol–water partition coefficient (Wildman–Crippen LogP) is 3.83. The van der Waals surface area contributed by atoms with Crippen molar-refractivity contribution in [3.05, 3.63) is 71.4 Å². The number of para-hydroxylation sites is 1. The Morgan fingerprint density at radius 2 is 1.53 bits per heavy atom. The Balaban J connectivity index is 1.36. The van der Waals surface area contributed by atoms with Gasteiger partial charge in [-0.2, -0.15) is 0 Å². The maximum atomic E-state index is 12.9. The molecule has 5 heteroatoms. The zero-order valence-electron chi connectivity index (χ0n) is 18.0. The molecule has 1 aromatic heterocycles. The third-order valence-electron chi connectivity index (χ3n) is 6.07. The topological polar surface area (TPSA) is 45.6 Å². The summed E-state index contributed by atoms with van der Waals surface area (Å²) in [5.41, 5.74) is 4.14. The summed E-state index contributed by atoms with van der Waals surface area (Å²) >= 11 is 0. The van der Waals surface area contributed by atoms with Gasteiger partial charge in [-0.3, -0.25) is 9.59 Å². The average molecular weight is 404 g/mol. The first-order valence-corrected chi connectivity index (χ1v) is 10.6. The second-order valence-corrected chi connectivity index (χ2v) is 8.41. The van der Waals surface area contributed by atoms with E-state index in [1.807, 2.05) is 59.4 Å². The quantitative estimate of drug-likeness (QED) is 0.665. The van der Waals surface area contributed by atoms with E-state index in [1.54, 1.807) is 0 Å². The number of aryl methyl sites for hydroxylation is 1. The molecule has 2 amide bonds. The normalized spacial score (nSPS) is 14.5. The van der Waals surface area contributed by atoms with Crippen molar-refractivity contribution >= 4 is 22.7 Å². The Hall–Kier alpha value is -3.08. The molecule has 0 N–H and O–H groups in total. The molecule has 0 unspecified atom stereocenters. The highest BCUT2D eigenvalue weighted by Crippen LogP contribution is 2.22. The molecule has 0 atom stereocenters. The predicted molar refractivity (Wildman–Crippen MR) is 120 cm³/mol. The molecule has 0 aliphatic carbocycles. The van der Waals surface area contributed by atoms with Crippen LogP contribution in [0.15, 0.2) is 54.7 Å². The number of fused-ring (bicyclic) bond motifs is 1. The monoisotopic (exact) mass is 403 g/mol. The average Bonchev–Trinajstić information content (AvgIpc) is 3.09. The molecule has 5 nitrogen and oxygen atoms in total. The Morgan fingerprint density at radius 3 is 2.20 bits per heavy atom. The molecule has 1 saturated heterocycles. The molecule has 1 aliphatic rings. The maximum Gasteiger partial charge on any atom is 0.253 e. The summed E-state index contributed by atoms with van der Waals surface area (Å²) in [5, 5.41) is 1.13. The fraction of sp³-hybridized carbons (Fsp3) is 0.360. The standard InChI is InChI=1S/C25H29N3O2/c1-18(2)19-8-10-20(11-9-19)25(30)28-14-12-27(13-15-28)24(29)16-21-17-26(3)23-7-5-4-6-22(21)23/h4-11,17-18H,12-16H2,1-3H3. The first kappa shape index (κ1) is 20.2. The van der Waals surface area contributed by atoms with Gasteiger partial charge in [0.15, 0.2) is 0 Å². The van der Waals surface area contributed by atoms with E-state index in [-0.39, 0.29) is 11.8 Å². The van der Waals surface area contributed by atoms with E-state index in [0.29, 0.717) is 38.5 Å². The second-order valence-electron chi connectivity index (χ2n) is 8.41. The van der Waals surface area contributed by atoms with Crippen molar-refractivity contribution in [2.24, 2.45) is 7.05 Å². The smallest absolute Gasteiger partial charge is 0.253 e. The lowest BCUT2D eigenvalue weighted by atomic mass is 10.0. The molecular formula is C25H29N3O2. The summed E-state index contributed by atoms with van der Waals surface area (Å²) in [5.74, 6) is 0.622. The van der Waals surface area contributed by atoms with Gasteiger partial charge < -0.3 is 14.4 Å². The van der Waals surface area contributed by atoms with E-state index in [4.69, 9.17) is 0 Å². The van der Waals surface area contributed by atoms with Crippen molar-refractivity contribution in [2.75, 3.05) is 26.2 Å². The minimum Gasteiger partial charge on any atom is -0.350 e. The number of rotatable bonds is 4. The lowest BCUT2D eigenvalue weighted by Crippen LogP contribution is -2.51. The fourth-order valence-corrected chi connectivity index (χ4v) is 4.19. The number of amides is 2. The molecular weight excluding hydrogens is 374 g/mol. The van der Waals surface area contributed by atoms with Crippen molar-refractivity contribution in [1.29, 1.82) is 0 Å². The summed E-state index contributed by atoms with van der Waals surface area (Å²) in [6.45, 7) is 6.60. The van der Waals surface area contributed by atoms with Crippen molar-refractivity contribution in [3.8, 4) is 0 Å². The summed E-state index contributed by atoms with van der Waals surface area (Å²) in [6.07, 6.45) is 2.44. The van der Waals surface area contributed by atoms with Crippen molar-refractivity contribution in [2.45, 2.75) is 26.2 Å². The summed E-state index contributed by atoms with van der Waals surface area (Å²) in [7, 11) is 2.01. The fourth-order valence-electron chi connectivity index (χ4n) is 4.19. The maximum absolute atomic E-state index is 12.9. The van der Waals surface area contributed by atoms with Gasteiger partial charge in [-0.05, 0) is 35.2 Å². The van der Waals surface area contributed by atoms with Gasteiger partial charge in [-0.25, -0.2) is 0 Å². The van der Waals surface area contributed by atoms with Crippen LogP contribution in [0.5, 0.6) is 0 Å². The number of piperazine rings is 1. The number of benzene rings is 2. The number of nitrogens with zero attached hydrogens (tertiary/aromatic N) is 3. The molecule has 156 valence electrons. The van der Waals surface area contributed by atoms with E-state index >= 15 is 0 Å². The van der Waals surface area contributed by atoms with E-state index in [0.717, 1.165) is 22.0 Å². The molecule has 1 aliphatic heterocycles. The molecule has 2 aromatic carbocycles. The van der Waals surface area contributed by atoms with E-state index < -0.39 is 0 Å². The molecule has 4 rings (SSSR count). The Labute approximate surface area is 177 Å². The van der Waals surface area contributed by atoms with Crippen molar-refractivity contribution < 1.29 is 9.59 Å². The van der Waals surface area contributed by atoms with Crippen LogP contribution in [0.2, 0.25) is 0 Å². The van der Waals surface area contributed by atoms with Crippen molar-refractivity contribution in [1.82, 2.24) is 14.4 Å². The van der Waals surface area contributed by atoms with Crippen LogP contribution in [0.25, 0.3) is 10.9 Å². The van der Waals surface area contributed by atoms with Crippen LogP contribution in [-0.2, 0) is 18.3 Å². The Kier molecular flexibility index (Phi) is 5.62. The second kappa shape index (κ2) is 8.34. The summed E-state index contributed by atoms with van der Waals surface area (Å²) in [4.78, 5) is 29.4. The first-order chi connectivity index (χ1) is 14.4. The number of aromatic nitrogens is 1. The van der Waals surface area contributed by atoms with Gasteiger partial charge in [0.2, 0.25) is 5.91 Å². The first-order valence-electron chi connectivity index (χ1n) is 10.6. The molecule has 3 aromatic rings. The molecule has 1 fully saturated rings. The Morgan fingerprint density at radius 1 is 0.900 bits per heavy atom. The zero-order valence-corrected chi connectivity index (χ0v) is 18.0. The van der Waals surface area contributed by atoms with Gasteiger partial charge in [0.1, 0.15) is 0 Å². The number of hydrogen-bond donors (Lipinski definition) is 0. The van der Waals surface area contributed by atoms with Gasteiger partial charge in [-0.1, -0.05) is 44.2 Å². The number of carbonyl (C=O) groups is 2. The number of carbonyl (C=O) groups excluding carboxylic acids is 2. The van der Waals surface area contributed by atoms with Crippen molar-refractivity contribution in [3.63, 3.8) is 0 Å². The van der Waals surface area contributed by atoms with Gasteiger partial charge in [0, 0.05) is 55.9 Å². The highest BCUT2D eigenvalue weighted by Gasteiger charge is 2.25. The molecule has 0 bridgehead atoms. The zero-order chi connectivity index (χ0) is 21.3. The van der Waals surface area contributed by atoms with Gasteiger partial charge in [0.05, 0.1) is 6.42 Å². The highest BCUT2D eigenvalue weighted by atomic mass is 16.2. The van der Waals surface area contributed by atoms with Crippen LogP contribution in [0, 0.1) is 0 Å². The highest BCUT2D eigenvalue weighted by molar-refractivity contribution is 5.94. The number of hydrogen-bond acceptors (Lipinski definition) is 2.